The number of likely N-dealkylation sites (N-methyl/N-ethyl adjacent to an activating group) is 1. The molecule has 5 rings (SSSR count). The summed E-state index contributed by atoms with van der Waals surface area (Å²) in [5, 5.41) is 3.00. The summed E-state index contributed by atoms with van der Waals surface area (Å²) in [7, 11) is -1.56. The van der Waals surface area contributed by atoms with Gasteiger partial charge in [0.1, 0.15) is 0 Å². The second-order valence-electron chi connectivity index (χ2n) is 9.00. The molecule has 0 radical (unpaired) electrons. The van der Waals surface area contributed by atoms with E-state index in [1.807, 2.05) is 60.7 Å². The molecule has 0 saturated heterocycles. The molecule has 4 aromatic rings. The zero-order valence-electron chi connectivity index (χ0n) is 21.2. The molecule has 0 fully saturated rings. The molecule has 6 nitrogen and oxygen atoms in total. The normalized spacial score (nSPS) is 14.3. The second kappa shape index (κ2) is 11.4. The third-order valence-corrected chi connectivity index (χ3v) is 8.13. The number of amides is 2. The molecule has 4 aromatic carbocycles. The van der Waals surface area contributed by atoms with E-state index in [-0.39, 0.29) is 11.8 Å². The van der Waals surface area contributed by atoms with Crippen molar-refractivity contribution in [3.8, 4) is 0 Å². The summed E-state index contributed by atoms with van der Waals surface area (Å²) in [4.78, 5) is 31.7. The van der Waals surface area contributed by atoms with Gasteiger partial charge in [-0.3, -0.25) is 9.59 Å². The van der Waals surface area contributed by atoms with E-state index < -0.39 is 10.8 Å². The Labute approximate surface area is 225 Å². The fourth-order valence-electron chi connectivity index (χ4n) is 4.64. The maximum Gasteiger partial charge on any atom is 0.259 e. The van der Waals surface area contributed by atoms with E-state index in [2.05, 4.69) is 17.1 Å². The van der Waals surface area contributed by atoms with Crippen molar-refractivity contribution >= 4 is 34.0 Å². The van der Waals surface area contributed by atoms with Crippen LogP contribution in [0.25, 0.3) is 0 Å². The van der Waals surface area contributed by atoms with Crippen LogP contribution in [0.1, 0.15) is 33.2 Å². The number of para-hydroxylation sites is 1. The number of rotatable bonds is 8. The molecule has 1 unspecified atom stereocenters. The highest BCUT2D eigenvalue weighted by molar-refractivity contribution is 7.85. The van der Waals surface area contributed by atoms with Gasteiger partial charge < -0.3 is 15.1 Å². The van der Waals surface area contributed by atoms with Crippen LogP contribution in [0.3, 0.4) is 0 Å². The average Bonchev–Trinajstić information content (AvgIpc) is 3.05. The molecular weight excluding hydrogens is 494 g/mol. The highest BCUT2D eigenvalue weighted by Gasteiger charge is 2.31. The van der Waals surface area contributed by atoms with Crippen LogP contribution in [0.4, 0.5) is 11.4 Å². The van der Waals surface area contributed by atoms with Crippen molar-refractivity contribution in [3.05, 3.63) is 120 Å². The van der Waals surface area contributed by atoms with E-state index in [0.29, 0.717) is 46.2 Å². The lowest BCUT2D eigenvalue weighted by atomic mass is 10.1. The minimum atomic E-state index is -1.56. The molecule has 0 aliphatic carbocycles. The Hall–Kier alpha value is -4.23. The Morgan fingerprint density at radius 3 is 2.29 bits per heavy atom. The fourth-order valence-corrected chi connectivity index (χ4v) is 5.99. The van der Waals surface area contributed by atoms with E-state index in [4.69, 9.17) is 0 Å². The molecule has 1 atom stereocenters. The van der Waals surface area contributed by atoms with Crippen LogP contribution in [0.5, 0.6) is 0 Å². The van der Waals surface area contributed by atoms with Gasteiger partial charge in [0.2, 0.25) is 0 Å². The molecule has 38 heavy (non-hydrogen) atoms. The van der Waals surface area contributed by atoms with Crippen LogP contribution in [-0.2, 0) is 17.3 Å². The standard InChI is InChI=1S/C31H29N3O3S/c1-2-33(25-13-7-4-8-14-25)20-19-32-30(35)24-17-18-29-27(21-24)34(22-23-11-5-3-6-12-23)31(36)26-15-9-10-16-28(26)38(29)37/h3-18,21H,2,19-20,22H2,1H3,(H,32,35). The van der Waals surface area contributed by atoms with Crippen LogP contribution < -0.4 is 15.1 Å². The third-order valence-electron chi connectivity index (χ3n) is 6.63. The summed E-state index contributed by atoms with van der Waals surface area (Å²) < 4.78 is 13.6. The van der Waals surface area contributed by atoms with Gasteiger partial charge in [0.25, 0.3) is 11.8 Å². The van der Waals surface area contributed by atoms with Gasteiger partial charge in [-0.2, -0.15) is 0 Å². The SMILES string of the molecule is CCN(CCNC(=O)c1ccc2c(c1)N(Cc1ccccc1)C(=O)c1ccccc1S2=O)c1ccccc1. The zero-order valence-corrected chi connectivity index (χ0v) is 22.0. The van der Waals surface area contributed by atoms with Gasteiger partial charge >= 0.3 is 0 Å². The Balaban J connectivity index is 1.42. The summed E-state index contributed by atoms with van der Waals surface area (Å²) >= 11 is 0. The first-order chi connectivity index (χ1) is 18.6. The largest absolute Gasteiger partial charge is 0.370 e. The summed E-state index contributed by atoms with van der Waals surface area (Å²) in [6.07, 6.45) is 0. The lowest BCUT2D eigenvalue weighted by Gasteiger charge is -2.24. The van der Waals surface area contributed by atoms with Crippen molar-refractivity contribution in [1.29, 1.82) is 0 Å². The lowest BCUT2D eigenvalue weighted by molar-refractivity contribution is 0.0950. The van der Waals surface area contributed by atoms with E-state index in [1.54, 1.807) is 47.4 Å². The average molecular weight is 524 g/mol. The monoisotopic (exact) mass is 523 g/mol. The molecule has 1 aliphatic heterocycles. The van der Waals surface area contributed by atoms with Crippen LogP contribution in [0.2, 0.25) is 0 Å². The fraction of sp³-hybridized carbons (Fsp3) is 0.161. The number of benzene rings is 4. The van der Waals surface area contributed by atoms with Crippen molar-refractivity contribution in [2.45, 2.75) is 23.3 Å². The maximum absolute atomic E-state index is 13.7. The van der Waals surface area contributed by atoms with Gasteiger partial charge in [-0.1, -0.05) is 60.7 Å². The molecule has 1 heterocycles. The Morgan fingerprint density at radius 1 is 0.868 bits per heavy atom. The van der Waals surface area contributed by atoms with E-state index in [0.717, 1.165) is 17.8 Å². The van der Waals surface area contributed by atoms with Crippen LogP contribution in [0, 0.1) is 0 Å². The number of fused-ring (bicyclic) bond motifs is 2. The molecule has 1 N–H and O–H groups in total. The summed E-state index contributed by atoms with van der Waals surface area (Å²) in [5.74, 6) is -0.480. The minimum absolute atomic E-state index is 0.239. The summed E-state index contributed by atoms with van der Waals surface area (Å²) in [5.41, 5.74) is 3.35. The van der Waals surface area contributed by atoms with Crippen molar-refractivity contribution in [1.82, 2.24) is 5.32 Å². The Morgan fingerprint density at radius 2 is 1.55 bits per heavy atom. The molecule has 0 aromatic heterocycles. The van der Waals surface area contributed by atoms with Crippen LogP contribution >= 0.6 is 0 Å². The van der Waals surface area contributed by atoms with E-state index in [9.17, 15) is 13.8 Å². The lowest BCUT2D eigenvalue weighted by Crippen LogP contribution is -2.35. The predicted molar refractivity (Wildman–Crippen MR) is 151 cm³/mol. The van der Waals surface area contributed by atoms with Crippen LogP contribution in [0.15, 0.2) is 113 Å². The van der Waals surface area contributed by atoms with Gasteiger partial charge in [-0.25, -0.2) is 4.21 Å². The maximum atomic E-state index is 13.7. The number of nitrogens with one attached hydrogen (secondary N) is 1. The molecule has 0 bridgehead atoms. The smallest absolute Gasteiger partial charge is 0.259 e. The number of nitrogens with zero attached hydrogens (tertiary/aromatic N) is 2. The van der Waals surface area contributed by atoms with E-state index >= 15 is 0 Å². The minimum Gasteiger partial charge on any atom is -0.370 e. The summed E-state index contributed by atoms with van der Waals surface area (Å²) in [6.45, 7) is 4.32. The number of anilines is 2. The molecule has 2 amide bonds. The molecule has 192 valence electrons. The van der Waals surface area contributed by atoms with Crippen molar-refractivity contribution in [2.24, 2.45) is 0 Å². The second-order valence-corrected chi connectivity index (χ2v) is 10.4. The predicted octanol–water partition coefficient (Wildman–Crippen LogP) is 5.27. The van der Waals surface area contributed by atoms with Crippen LogP contribution in [-0.4, -0.2) is 35.7 Å². The molecular formula is C31H29N3O3S. The molecule has 0 saturated carbocycles. The first-order valence-electron chi connectivity index (χ1n) is 12.7. The Kier molecular flexibility index (Phi) is 7.65. The molecule has 0 spiro atoms. The first-order valence-corrected chi connectivity index (χ1v) is 13.8. The van der Waals surface area contributed by atoms with Gasteiger partial charge in [0.05, 0.1) is 38.4 Å². The first kappa shape index (κ1) is 25.4. The number of carbonyl (C=O) groups excluding carboxylic acids is 2. The number of hydrogen-bond donors (Lipinski definition) is 1. The summed E-state index contributed by atoms with van der Waals surface area (Å²) in [6, 6.07) is 31.8. The van der Waals surface area contributed by atoms with Crippen molar-refractivity contribution in [2.75, 3.05) is 29.4 Å². The third kappa shape index (κ3) is 5.24. The quantitative estimate of drug-likeness (QED) is 0.342. The topological polar surface area (TPSA) is 69.7 Å². The van der Waals surface area contributed by atoms with Crippen molar-refractivity contribution in [3.63, 3.8) is 0 Å². The van der Waals surface area contributed by atoms with Crippen molar-refractivity contribution < 1.29 is 13.8 Å². The number of carbonyl (C=O) groups is 2. The van der Waals surface area contributed by atoms with Gasteiger partial charge in [-0.05, 0) is 55.0 Å². The Bertz CT molecular complexity index is 1470. The molecule has 1 aliphatic rings. The van der Waals surface area contributed by atoms with Gasteiger partial charge in [0.15, 0.2) is 0 Å². The molecule has 7 heteroatoms. The highest BCUT2D eigenvalue weighted by atomic mass is 32.2. The van der Waals surface area contributed by atoms with Gasteiger partial charge in [0, 0.05) is 30.9 Å². The zero-order chi connectivity index (χ0) is 26.5. The highest BCUT2D eigenvalue weighted by Crippen LogP contribution is 2.36. The van der Waals surface area contributed by atoms with E-state index in [1.165, 1.54) is 0 Å². The number of hydrogen-bond acceptors (Lipinski definition) is 4. The van der Waals surface area contributed by atoms with Gasteiger partial charge in [-0.15, -0.1) is 0 Å².